The van der Waals surface area contributed by atoms with E-state index in [0.29, 0.717) is 0 Å². The number of ether oxygens (including phenoxy) is 1. The summed E-state index contributed by atoms with van der Waals surface area (Å²) in [5.74, 6) is -0.0416. The molecular weight excluding hydrogens is 274 g/mol. The summed E-state index contributed by atoms with van der Waals surface area (Å²) in [7, 11) is 1.58. The second kappa shape index (κ2) is 6.16. The molecular formula is C19H19NO2. The predicted molar refractivity (Wildman–Crippen MR) is 86.9 cm³/mol. The summed E-state index contributed by atoms with van der Waals surface area (Å²) >= 11 is 0. The molecule has 0 bridgehead atoms. The predicted octanol–water partition coefficient (Wildman–Crippen LogP) is 3.95. The molecule has 112 valence electrons. The molecule has 0 fully saturated rings. The van der Waals surface area contributed by atoms with Crippen molar-refractivity contribution >= 4 is 12.0 Å². The lowest BCUT2D eigenvalue weighted by atomic mass is 10.0. The molecule has 1 aliphatic heterocycles. The molecule has 0 N–H and O–H groups in total. The minimum atomic E-state index is -0.572. The Bertz CT molecular complexity index is 694. The van der Waals surface area contributed by atoms with Crippen molar-refractivity contribution in [2.75, 3.05) is 7.11 Å². The van der Waals surface area contributed by atoms with Crippen LogP contribution in [0.15, 0.2) is 60.8 Å². The molecule has 3 nitrogen and oxygen atoms in total. The quantitative estimate of drug-likeness (QED) is 0.857. The average molecular weight is 293 g/mol. The van der Waals surface area contributed by atoms with Crippen LogP contribution >= 0.6 is 0 Å². The van der Waals surface area contributed by atoms with Crippen LogP contribution in [0, 0.1) is 0 Å². The van der Waals surface area contributed by atoms with Crippen molar-refractivity contribution in [1.82, 2.24) is 4.90 Å². The molecule has 2 aromatic carbocycles. The van der Waals surface area contributed by atoms with Crippen LogP contribution in [0.4, 0.5) is 0 Å². The Morgan fingerprint density at radius 1 is 1.05 bits per heavy atom. The molecule has 0 spiro atoms. The highest BCUT2D eigenvalue weighted by Gasteiger charge is 2.31. The van der Waals surface area contributed by atoms with Gasteiger partial charge in [-0.1, -0.05) is 54.6 Å². The first-order valence-electron chi connectivity index (χ1n) is 7.39. The molecule has 0 radical (unpaired) electrons. The standard InChI is InChI=1S/C19H19NO2/c1-14(15-8-4-3-5-9-15)20-13-12-16-10-6-7-11-17(16)18(22-2)19(20)21/h3-14,18H,1-2H3/t14-,18-/m1/s1. The van der Waals surface area contributed by atoms with Gasteiger partial charge in [0.05, 0.1) is 6.04 Å². The molecule has 0 saturated heterocycles. The van der Waals surface area contributed by atoms with Crippen LogP contribution in [0.2, 0.25) is 0 Å². The van der Waals surface area contributed by atoms with Gasteiger partial charge in [0.1, 0.15) is 0 Å². The highest BCUT2D eigenvalue weighted by atomic mass is 16.5. The number of benzene rings is 2. The highest BCUT2D eigenvalue weighted by molar-refractivity contribution is 5.87. The van der Waals surface area contributed by atoms with Gasteiger partial charge in [-0.2, -0.15) is 0 Å². The van der Waals surface area contributed by atoms with Crippen molar-refractivity contribution in [3.63, 3.8) is 0 Å². The number of methoxy groups -OCH3 is 1. The van der Waals surface area contributed by atoms with Gasteiger partial charge in [-0.25, -0.2) is 0 Å². The number of rotatable bonds is 3. The van der Waals surface area contributed by atoms with Crippen molar-refractivity contribution in [1.29, 1.82) is 0 Å². The van der Waals surface area contributed by atoms with Crippen LogP contribution in [0.5, 0.6) is 0 Å². The van der Waals surface area contributed by atoms with Crippen LogP contribution in [0.25, 0.3) is 6.08 Å². The van der Waals surface area contributed by atoms with Gasteiger partial charge in [-0.3, -0.25) is 4.79 Å². The zero-order valence-electron chi connectivity index (χ0n) is 12.8. The molecule has 1 aliphatic rings. The van der Waals surface area contributed by atoms with E-state index < -0.39 is 6.10 Å². The number of nitrogens with zero attached hydrogens (tertiary/aromatic N) is 1. The van der Waals surface area contributed by atoms with Gasteiger partial charge in [-0.05, 0) is 29.7 Å². The Morgan fingerprint density at radius 2 is 1.73 bits per heavy atom. The zero-order chi connectivity index (χ0) is 15.5. The second-order valence-corrected chi connectivity index (χ2v) is 5.39. The summed E-state index contributed by atoms with van der Waals surface area (Å²) < 4.78 is 5.49. The lowest BCUT2D eigenvalue weighted by molar-refractivity contribution is -0.141. The maximum Gasteiger partial charge on any atom is 0.260 e. The molecule has 3 heteroatoms. The number of fused-ring (bicyclic) bond motifs is 1. The van der Waals surface area contributed by atoms with Gasteiger partial charge in [0.15, 0.2) is 6.10 Å². The van der Waals surface area contributed by atoms with E-state index in [-0.39, 0.29) is 11.9 Å². The van der Waals surface area contributed by atoms with Crippen molar-refractivity contribution < 1.29 is 9.53 Å². The molecule has 0 unspecified atom stereocenters. The summed E-state index contributed by atoms with van der Waals surface area (Å²) in [5.41, 5.74) is 3.03. The van der Waals surface area contributed by atoms with E-state index in [2.05, 4.69) is 0 Å². The third-order valence-electron chi connectivity index (χ3n) is 4.11. The number of carbonyl (C=O) groups excluding carboxylic acids is 1. The molecule has 22 heavy (non-hydrogen) atoms. The number of amides is 1. The Hall–Kier alpha value is -2.39. The fourth-order valence-electron chi connectivity index (χ4n) is 2.84. The lowest BCUT2D eigenvalue weighted by Crippen LogP contribution is -2.33. The topological polar surface area (TPSA) is 29.5 Å². The number of carbonyl (C=O) groups is 1. The maximum atomic E-state index is 12.9. The monoisotopic (exact) mass is 293 g/mol. The molecule has 1 amide bonds. The summed E-state index contributed by atoms with van der Waals surface area (Å²) in [6, 6.07) is 17.8. The Labute approximate surface area is 130 Å². The van der Waals surface area contributed by atoms with Gasteiger partial charge >= 0.3 is 0 Å². The summed E-state index contributed by atoms with van der Waals surface area (Å²) in [4.78, 5) is 14.7. The fraction of sp³-hybridized carbons (Fsp3) is 0.211. The minimum Gasteiger partial charge on any atom is -0.367 e. The first-order valence-corrected chi connectivity index (χ1v) is 7.39. The smallest absolute Gasteiger partial charge is 0.260 e. The van der Waals surface area contributed by atoms with Gasteiger partial charge in [0.2, 0.25) is 0 Å². The second-order valence-electron chi connectivity index (χ2n) is 5.39. The molecule has 0 aromatic heterocycles. The summed E-state index contributed by atoms with van der Waals surface area (Å²) in [6.45, 7) is 2.03. The van der Waals surface area contributed by atoms with Crippen molar-refractivity contribution in [2.45, 2.75) is 19.1 Å². The Balaban J connectivity index is 2.00. The van der Waals surface area contributed by atoms with Crippen LogP contribution in [-0.4, -0.2) is 17.9 Å². The van der Waals surface area contributed by atoms with Crippen LogP contribution in [0.3, 0.4) is 0 Å². The van der Waals surface area contributed by atoms with Crippen LogP contribution in [0.1, 0.15) is 35.8 Å². The number of hydrogen-bond donors (Lipinski definition) is 0. The van der Waals surface area contributed by atoms with Gasteiger partial charge in [-0.15, -0.1) is 0 Å². The maximum absolute atomic E-state index is 12.9. The van der Waals surface area contributed by atoms with Gasteiger partial charge in [0, 0.05) is 13.3 Å². The summed E-state index contributed by atoms with van der Waals surface area (Å²) in [6.07, 6.45) is 3.26. The van der Waals surface area contributed by atoms with E-state index in [1.807, 2.05) is 73.8 Å². The molecule has 0 saturated carbocycles. The average Bonchev–Trinajstić information content (AvgIpc) is 2.71. The lowest BCUT2D eigenvalue weighted by Gasteiger charge is -2.28. The van der Waals surface area contributed by atoms with E-state index >= 15 is 0 Å². The highest BCUT2D eigenvalue weighted by Crippen LogP contribution is 2.32. The van der Waals surface area contributed by atoms with E-state index in [9.17, 15) is 4.79 Å². The Kier molecular flexibility index (Phi) is 4.07. The molecule has 3 rings (SSSR count). The molecule has 0 aliphatic carbocycles. The first kappa shape index (κ1) is 14.5. The Morgan fingerprint density at radius 3 is 2.45 bits per heavy atom. The van der Waals surface area contributed by atoms with Crippen molar-refractivity contribution in [3.05, 3.63) is 77.5 Å². The van der Waals surface area contributed by atoms with E-state index in [1.54, 1.807) is 12.0 Å². The third kappa shape index (κ3) is 2.55. The summed E-state index contributed by atoms with van der Waals surface area (Å²) in [5, 5.41) is 0. The van der Waals surface area contributed by atoms with Crippen LogP contribution < -0.4 is 0 Å². The largest absolute Gasteiger partial charge is 0.367 e. The van der Waals surface area contributed by atoms with Crippen molar-refractivity contribution in [2.24, 2.45) is 0 Å². The SMILES string of the molecule is CO[C@H]1C(=O)N([C@H](C)c2ccccc2)C=Cc2ccccc21. The minimum absolute atomic E-state index is 0.0416. The van der Waals surface area contributed by atoms with Gasteiger partial charge < -0.3 is 9.64 Å². The fourth-order valence-corrected chi connectivity index (χ4v) is 2.84. The molecule has 2 atom stereocenters. The van der Waals surface area contributed by atoms with E-state index in [4.69, 9.17) is 4.74 Å². The normalized spacial score (nSPS) is 18.7. The first-order chi connectivity index (χ1) is 10.7. The molecule has 1 heterocycles. The van der Waals surface area contributed by atoms with E-state index in [0.717, 1.165) is 16.7 Å². The van der Waals surface area contributed by atoms with Gasteiger partial charge in [0.25, 0.3) is 5.91 Å². The third-order valence-corrected chi connectivity index (χ3v) is 4.11. The number of hydrogen-bond acceptors (Lipinski definition) is 2. The molecule has 2 aromatic rings. The van der Waals surface area contributed by atoms with Crippen molar-refractivity contribution in [3.8, 4) is 0 Å². The van der Waals surface area contributed by atoms with E-state index in [1.165, 1.54) is 0 Å². The zero-order valence-corrected chi connectivity index (χ0v) is 12.8. The van der Waals surface area contributed by atoms with Crippen LogP contribution in [-0.2, 0) is 9.53 Å².